The van der Waals surface area contributed by atoms with E-state index in [4.69, 9.17) is 4.74 Å². The van der Waals surface area contributed by atoms with Gasteiger partial charge in [0, 0.05) is 19.1 Å². The van der Waals surface area contributed by atoms with Gasteiger partial charge in [-0.05, 0) is 44.0 Å². The minimum atomic E-state index is -0.160. The lowest BCUT2D eigenvalue weighted by atomic mass is 10.0. The number of urea groups is 1. The molecule has 4 rings (SSSR count). The quantitative estimate of drug-likeness (QED) is 0.739. The van der Waals surface area contributed by atoms with Crippen LogP contribution in [-0.2, 0) is 0 Å². The monoisotopic (exact) mass is 392 g/mol. The average Bonchev–Trinajstić information content (AvgIpc) is 2.75. The molecule has 2 heterocycles. The number of ether oxygens (including phenoxy) is 1. The van der Waals surface area contributed by atoms with Crippen LogP contribution in [0.3, 0.4) is 0 Å². The molecule has 0 spiro atoms. The van der Waals surface area contributed by atoms with E-state index in [0.29, 0.717) is 48.3 Å². The number of aryl methyl sites for hydroxylation is 1. The van der Waals surface area contributed by atoms with Gasteiger partial charge in [0.25, 0.3) is 5.56 Å². The van der Waals surface area contributed by atoms with Crippen LogP contribution in [-0.4, -0.2) is 40.7 Å². The molecule has 150 valence electrons. The second kappa shape index (κ2) is 7.95. The highest BCUT2D eigenvalue weighted by molar-refractivity contribution is 5.91. The summed E-state index contributed by atoms with van der Waals surface area (Å²) >= 11 is 0. The van der Waals surface area contributed by atoms with Crippen LogP contribution in [0.5, 0.6) is 5.75 Å². The van der Waals surface area contributed by atoms with E-state index in [1.807, 2.05) is 49.4 Å². The Hall–Kier alpha value is -3.35. The summed E-state index contributed by atoms with van der Waals surface area (Å²) in [5, 5.41) is 3.55. The topological polar surface area (TPSA) is 76.5 Å². The standard InChI is InChI=1S/C22H24N4O3/c1-15-7-8-18-17(13-15)21(27)26(14-23-18)16-9-11-25(12-10-16)22(28)24-19-5-3-4-6-20(19)29-2/h3-8,13-14,16H,9-12H2,1-2H3,(H,24,28). The number of para-hydroxylation sites is 2. The van der Waals surface area contributed by atoms with Crippen LogP contribution in [0.4, 0.5) is 10.5 Å². The number of hydrogen-bond acceptors (Lipinski definition) is 4. The first-order chi connectivity index (χ1) is 14.1. The van der Waals surface area contributed by atoms with E-state index in [-0.39, 0.29) is 17.6 Å². The Morgan fingerprint density at radius 2 is 1.93 bits per heavy atom. The highest BCUT2D eigenvalue weighted by Crippen LogP contribution is 2.25. The number of nitrogens with zero attached hydrogens (tertiary/aromatic N) is 3. The Labute approximate surface area is 168 Å². The molecule has 1 aromatic heterocycles. The molecule has 0 unspecified atom stereocenters. The third-order valence-electron chi connectivity index (χ3n) is 5.43. The fraction of sp³-hybridized carbons (Fsp3) is 0.318. The Bertz CT molecular complexity index is 1100. The van der Waals surface area contributed by atoms with Gasteiger partial charge in [-0.25, -0.2) is 9.78 Å². The Balaban J connectivity index is 1.45. The summed E-state index contributed by atoms with van der Waals surface area (Å²) in [5.74, 6) is 0.625. The Kier molecular flexibility index (Phi) is 5.20. The number of methoxy groups -OCH3 is 1. The highest BCUT2D eigenvalue weighted by atomic mass is 16.5. The van der Waals surface area contributed by atoms with E-state index in [1.165, 1.54) is 0 Å². The minimum Gasteiger partial charge on any atom is -0.495 e. The van der Waals surface area contributed by atoms with Crippen LogP contribution in [0.1, 0.15) is 24.4 Å². The molecule has 7 nitrogen and oxygen atoms in total. The van der Waals surface area contributed by atoms with E-state index in [2.05, 4.69) is 10.3 Å². The van der Waals surface area contributed by atoms with Crippen LogP contribution < -0.4 is 15.6 Å². The second-order valence-corrected chi connectivity index (χ2v) is 7.33. The molecule has 1 saturated heterocycles. The predicted octanol–water partition coefficient (Wildman–Crippen LogP) is 3.58. The summed E-state index contributed by atoms with van der Waals surface area (Å²) < 4.78 is 7.01. The number of likely N-dealkylation sites (tertiary alicyclic amines) is 1. The smallest absolute Gasteiger partial charge is 0.321 e. The largest absolute Gasteiger partial charge is 0.495 e. The molecule has 0 radical (unpaired) electrons. The number of anilines is 1. The van der Waals surface area contributed by atoms with Gasteiger partial charge < -0.3 is 15.0 Å². The fourth-order valence-electron chi connectivity index (χ4n) is 3.80. The Morgan fingerprint density at radius 3 is 2.69 bits per heavy atom. The molecule has 0 bridgehead atoms. The number of carbonyl (C=O) groups excluding carboxylic acids is 1. The van der Waals surface area contributed by atoms with Gasteiger partial charge in [-0.15, -0.1) is 0 Å². The molecule has 1 N–H and O–H groups in total. The summed E-state index contributed by atoms with van der Waals surface area (Å²) in [6, 6.07) is 12.9. The molecule has 3 aromatic rings. The van der Waals surface area contributed by atoms with Gasteiger partial charge in [-0.2, -0.15) is 0 Å². The molecule has 0 saturated carbocycles. The van der Waals surface area contributed by atoms with Crippen molar-refractivity contribution in [2.45, 2.75) is 25.8 Å². The van der Waals surface area contributed by atoms with Crippen LogP contribution >= 0.6 is 0 Å². The normalized spacial score (nSPS) is 14.8. The van der Waals surface area contributed by atoms with Crippen molar-refractivity contribution in [1.29, 1.82) is 0 Å². The number of hydrogen-bond donors (Lipinski definition) is 1. The second-order valence-electron chi connectivity index (χ2n) is 7.33. The van der Waals surface area contributed by atoms with E-state index < -0.39 is 0 Å². The maximum Gasteiger partial charge on any atom is 0.321 e. The molecule has 1 fully saturated rings. The van der Waals surface area contributed by atoms with Gasteiger partial charge >= 0.3 is 6.03 Å². The molecule has 29 heavy (non-hydrogen) atoms. The average molecular weight is 392 g/mol. The maximum absolute atomic E-state index is 12.9. The zero-order chi connectivity index (χ0) is 20.4. The molecule has 2 amide bonds. The van der Waals surface area contributed by atoms with Crippen LogP contribution in [0.2, 0.25) is 0 Å². The van der Waals surface area contributed by atoms with Gasteiger partial charge in [0.1, 0.15) is 5.75 Å². The molecule has 2 aromatic carbocycles. The SMILES string of the molecule is COc1ccccc1NC(=O)N1CCC(n2cnc3ccc(C)cc3c2=O)CC1. The number of fused-ring (bicyclic) bond motifs is 1. The van der Waals surface area contributed by atoms with Crippen molar-refractivity contribution in [2.75, 3.05) is 25.5 Å². The Morgan fingerprint density at radius 1 is 1.17 bits per heavy atom. The number of nitrogens with one attached hydrogen (secondary N) is 1. The van der Waals surface area contributed by atoms with Crippen molar-refractivity contribution in [1.82, 2.24) is 14.5 Å². The van der Waals surface area contributed by atoms with Crippen LogP contribution in [0.15, 0.2) is 53.6 Å². The first kappa shape index (κ1) is 19.0. The first-order valence-corrected chi connectivity index (χ1v) is 9.73. The third-order valence-corrected chi connectivity index (χ3v) is 5.43. The number of benzene rings is 2. The fourth-order valence-corrected chi connectivity index (χ4v) is 3.80. The molecule has 1 aliphatic heterocycles. The third kappa shape index (κ3) is 3.81. The summed E-state index contributed by atoms with van der Waals surface area (Å²) in [6.45, 7) is 3.11. The number of amides is 2. The summed E-state index contributed by atoms with van der Waals surface area (Å²) in [5.41, 5.74) is 2.38. The summed E-state index contributed by atoms with van der Waals surface area (Å²) in [7, 11) is 1.58. The van der Waals surface area contributed by atoms with Gasteiger partial charge in [0.05, 0.1) is 30.0 Å². The van der Waals surface area contributed by atoms with Gasteiger partial charge in [0.2, 0.25) is 0 Å². The van der Waals surface area contributed by atoms with Crippen molar-refractivity contribution in [3.8, 4) is 5.75 Å². The lowest BCUT2D eigenvalue weighted by molar-refractivity contribution is 0.182. The van der Waals surface area contributed by atoms with Gasteiger partial charge in [-0.1, -0.05) is 23.8 Å². The van der Waals surface area contributed by atoms with Crippen LogP contribution in [0, 0.1) is 6.92 Å². The molecule has 7 heteroatoms. The van der Waals surface area contributed by atoms with E-state index in [9.17, 15) is 9.59 Å². The number of aromatic nitrogens is 2. The lowest BCUT2D eigenvalue weighted by Gasteiger charge is -2.32. The number of piperidine rings is 1. The number of rotatable bonds is 3. The maximum atomic E-state index is 12.9. The van der Waals surface area contributed by atoms with E-state index >= 15 is 0 Å². The van der Waals surface area contributed by atoms with Crippen molar-refractivity contribution in [3.05, 3.63) is 64.7 Å². The van der Waals surface area contributed by atoms with Crippen LogP contribution in [0.25, 0.3) is 10.9 Å². The van der Waals surface area contributed by atoms with Crippen molar-refractivity contribution < 1.29 is 9.53 Å². The summed E-state index contributed by atoms with van der Waals surface area (Å²) in [6.07, 6.45) is 3.05. The predicted molar refractivity (Wildman–Crippen MR) is 113 cm³/mol. The molecule has 0 aliphatic carbocycles. The first-order valence-electron chi connectivity index (χ1n) is 9.73. The van der Waals surface area contributed by atoms with Gasteiger partial charge in [0.15, 0.2) is 0 Å². The molecular weight excluding hydrogens is 368 g/mol. The zero-order valence-electron chi connectivity index (χ0n) is 16.6. The zero-order valence-corrected chi connectivity index (χ0v) is 16.6. The van der Waals surface area contributed by atoms with Crippen molar-refractivity contribution in [3.63, 3.8) is 0 Å². The van der Waals surface area contributed by atoms with E-state index in [1.54, 1.807) is 22.9 Å². The molecule has 1 aliphatic rings. The van der Waals surface area contributed by atoms with E-state index in [0.717, 1.165) is 5.56 Å². The van der Waals surface area contributed by atoms with Gasteiger partial charge in [-0.3, -0.25) is 9.36 Å². The summed E-state index contributed by atoms with van der Waals surface area (Å²) in [4.78, 5) is 31.8. The molecular formula is C22H24N4O3. The minimum absolute atomic E-state index is 0.0179. The number of carbonyl (C=O) groups is 1. The van der Waals surface area contributed by atoms with Crippen molar-refractivity contribution >= 4 is 22.6 Å². The lowest BCUT2D eigenvalue weighted by Crippen LogP contribution is -2.42. The molecule has 0 atom stereocenters. The highest BCUT2D eigenvalue weighted by Gasteiger charge is 2.25. The van der Waals surface area contributed by atoms with Crippen molar-refractivity contribution in [2.24, 2.45) is 0 Å².